The Bertz CT molecular complexity index is 406. The maximum Gasteiger partial charge on any atom is 0.230 e. The van der Waals surface area contributed by atoms with Crippen LogP contribution in [0.15, 0.2) is 0 Å². The van der Waals surface area contributed by atoms with Gasteiger partial charge in [-0.3, -0.25) is 4.79 Å². The Morgan fingerprint density at radius 1 is 1.59 bits per heavy atom. The number of carbonyl (C=O) groups is 1. The van der Waals surface area contributed by atoms with E-state index in [9.17, 15) is 13.2 Å². The fraction of sp³-hybridized carbons (Fsp3) is 0.800. The van der Waals surface area contributed by atoms with Crippen LogP contribution in [0.1, 0.15) is 26.2 Å². The van der Waals surface area contributed by atoms with Gasteiger partial charge in [-0.2, -0.15) is 0 Å². The molecule has 0 saturated carbocycles. The van der Waals surface area contributed by atoms with Crippen LogP contribution in [0, 0.1) is 5.92 Å². The average Bonchev–Trinajstić information content (AvgIpc) is 2.53. The lowest BCUT2D eigenvalue weighted by Gasteiger charge is -2.17. The minimum Gasteiger partial charge on any atom is -0.393 e. The van der Waals surface area contributed by atoms with Crippen molar-refractivity contribution in [1.82, 2.24) is 5.32 Å². The molecule has 1 rings (SSSR count). The summed E-state index contributed by atoms with van der Waals surface area (Å²) in [5.74, 6) is -0.571. The van der Waals surface area contributed by atoms with Crippen LogP contribution >= 0.6 is 12.2 Å². The van der Waals surface area contributed by atoms with Gasteiger partial charge in [-0.05, 0) is 12.8 Å². The monoisotopic (exact) mass is 278 g/mol. The average molecular weight is 278 g/mol. The fourth-order valence-electron chi connectivity index (χ4n) is 1.90. The van der Waals surface area contributed by atoms with Gasteiger partial charge in [0.05, 0.1) is 22.4 Å². The second-order valence-electron chi connectivity index (χ2n) is 4.35. The largest absolute Gasteiger partial charge is 0.393 e. The van der Waals surface area contributed by atoms with Crippen LogP contribution in [0.3, 0.4) is 0 Å². The summed E-state index contributed by atoms with van der Waals surface area (Å²) in [5, 5.41) is 2.72. The SMILES string of the molecule is CCCC(C(=O)NC1CCS(=O)(=O)C1)C(N)=S. The Balaban J connectivity index is 2.56. The molecule has 1 saturated heterocycles. The molecule has 7 heteroatoms. The summed E-state index contributed by atoms with van der Waals surface area (Å²) in [6, 6.07) is -0.291. The van der Waals surface area contributed by atoms with E-state index >= 15 is 0 Å². The van der Waals surface area contributed by atoms with Crippen LogP contribution in [0.4, 0.5) is 0 Å². The topological polar surface area (TPSA) is 89.3 Å². The molecule has 1 heterocycles. The van der Waals surface area contributed by atoms with Crippen LogP contribution < -0.4 is 11.1 Å². The molecule has 5 nitrogen and oxygen atoms in total. The molecule has 0 spiro atoms. The summed E-state index contributed by atoms with van der Waals surface area (Å²) >= 11 is 4.84. The van der Waals surface area contributed by atoms with Gasteiger partial charge < -0.3 is 11.1 Å². The van der Waals surface area contributed by atoms with Crippen molar-refractivity contribution in [2.75, 3.05) is 11.5 Å². The number of rotatable bonds is 5. The highest BCUT2D eigenvalue weighted by atomic mass is 32.2. The molecule has 1 aliphatic heterocycles. The first kappa shape index (κ1) is 14.4. The summed E-state index contributed by atoms with van der Waals surface area (Å²) in [7, 11) is -2.98. The third-order valence-corrected chi connectivity index (χ3v) is 4.87. The van der Waals surface area contributed by atoms with Crippen molar-refractivity contribution in [1.29, 1.82) is 0 Å². The first-order valence-corrected chi connectivity index (χ1v) is 7.89. The Kier molecular flexibility index (Phi) is 4.88. The number of thiocarbonyl (C=S) groups is 1. The summed E-state index contributed by atoms with van der Waals surface area (Å²) in [5.41, 5.74) is 5.50. The van der Waals surface area contributed by atoms with Crippen LogP contribution in [0.25, 0.3) is 0 Å². The number of nitrogens with two attached hydrogens (primary N) is 1. The number of hydrogen-bond donors (Lipinski definition) is 2. The van der Waals surface area contributed by atoms with Crippen molar-refractivity contribution in [3.8, 4) is 0 Å². The fourth-order valence-corrected chi connectivity index (χ4v) is 3.80. The summed E-state index contributed by atoms with van der Waals surface area (Å²) in [4.78, 5) is 12.0. The molecule has 3 N–H and O–H groups in total. The zero-order chi connectivity index (χ0) is 13.1. The molecular formula is C10H18N2O3S2. The molecule has 98 valence electrons. The van der Waals surface area contributed by atoms with Crippen LogP contribution in [0.5, 0.6) is 0 Å². The first-order chi connectivity index (χ1) is 7.85. The van der Waals surface area contributed by atoms with Gasteiger partial charge in [0.15, 0.2) is 9.84 Å². The normalized spacial score (nSPS) is 24.2. The molecule has 17 heavy (non-hydrogen) atoms. The standard InChI is InChI=1S/C10H18N2O3S2/c1-2-3-8(9(11)16)10(13)12-7-4-5-17(14,15)6-7/h7-8H,2-6H2,1H3,(H2,11,16)(H,12,13). The molecule has 2 atom stereocenters. The quantitative estimate of drug-likeness (QED) is 0.691. The molecule has 0 aliphatic carbocycles. The highest BCUT2D eigenvalue weighted by molar-refractivity contribution is 7.91. The predicted molar refractivity (Wildman–Crippen MR) is 70.4 cm³/mol. The summed E-state index contributed by atoms with van der Waals surface area (Å²) < 4.78 is 22.5. The van der Waals surface area contributed by atoms with Crippen LogP contribution in [-0.2, 0) is 14.6 Å². The lowest BCUT2D eigenvalue weighted by Crippen LogP contribution is -2.43. The molecular weight excluding hydrogens is 260 g/mol. The number of nitrogens with one attached hydrogen (secondary N) is 1. The molecule has 2 unspecified atom stereocenters. The second kappa shape index (κ2) is 5.77. The minimum absolute atomic E-state index is 0.0227. The van der Waals surface area contributed by atoms with Crippen molar-refractivity contribution in [2.45, 2.75) is 32.2 Å². The van der Waals surface area contributed by atoms with Crippen molar-refractivity contribution >= 4 is 33.0 Å². The van der Waals surface area contributed by atoms with Gasteiger partial charge in [-0.1, -0.05) is 25.6 Å². The highest BCUT2D eigenvalue weighted by Crippen LogP contribution is 2.13. The van der Waals surface area contributed by atoms with Gasteiger partial charge in [0.25, 0.3) is 0 Å². The number of carbonyl (C=O) groups excluding carboxylic acids is 1. The Morgan fingerprint density at radius 3 is 2.65 bits per heavy atom. The Morgan fingerprint density at radius 2 is 2.24 bits per heavy atom. The molecule has 0 aromatic heterocycles. The molecule has 0 aromatic carbocycles. The van der Waals surface area contributed by atoms with Crippen molar-refractivity contribution in [3.05, 3.63) is 0 Å². The van der Waals surface area contributed by atoms with E-state index in [0.717, 1.165) is 6.42 Å². The van der Waals surface area contributed by atoms with Crippen molar-refractivity contribution in [2.24, 2.45) is 11.7 Å². The van der Waals surface area contributed by atoms with Gasteiger partial charge >= 0.3 is 0 Å². The van der Waals surface area contributed by atoms with Crippen LogP contribution in [-0.4, -0.2) is 36.9 Å². The zero-order valence-electron chi connectivity index (χ0n) is 9.81. The Hall–Kier alpha value is -0.690. The van der Waals surface area contributed by atoms with E-state index in [2.05, 4.69) is 5.32 Å². The summed E-state index contributed by atoms with van der Waals surface area (Å²) in [6.07, 6.45) is 1.88. The molecule has 0 bridgehead atoms. The number of hydrogen-bond acceptors (Lipinski definition) is 4. The van der Waals surface area contributed by atoms with Gasteiger partial charge in [0, 0.05) is 6.04 Å². The van der Waals surface area contributed by atoms with E-state index in [-0.39, 0.29) is 28.4 Å². The lowest BCUT2D eigenvalue weighted by molar-refractivity contribution is -0.123. The molecule has 0 radical (unpaired) electrons. The number of amides is 1. The minimum atomic E-state index is -2.98. The van der Waals surface area contributed by atoms with Crippen molar-refractivity contribution in [3.63, 3.8) is 0 Å². The van der Waals surface area contributed by atoms with Crippen molar-refractivity contribution < 1.29 is 13.2 Å². The summed E-state index contributed by atoms with van der Waals surface area (Å²) in [6.45, 7) is 1.94. The van der Waals surface area contributed by atoms with E-state index in [1.807, 2.05) is 6.92 Å². The predicted octanol–water partition coefficient (Wildman–Crippen LogP) is -0.00790. The smallest absolute Gasteiger partial charge is 0.230 e. The maximum absolute atomic E-state index is 11.9. The molecule has 1 amide bonds. The zero-order valence-corrected chi connectivity index (χ0v) is 11.4. The third-order valence-electron chi connectivity index (χ3n) is 2.82. The first-order valence-electron chi connectivity index (χ1n) is 5.66. The maximum atomic E-state index is 11.9. The van der Waals surface area contributed by atoms with Gasteiger partial charge in [0.1, 0.15) is 0 Å². The van der Waals surface area contributed by atoms with Gasteiger partial charge in [-0.15, -0.1) is 0 Å². The van der Waals surface area contributed by atoms with Crippen LogP contribution in [0.2, 0.25) is 0 Å². The van der Waals surface area contributed by atoms with E-state index in [1.165, 1.54) is 0 Å². The molecule has 1 fully saturated rings. The third kappa shape index (κ3) is 4.23. The molecule has 1 aliphatic rings. The van der Waals surface area contributed by atoms with E-state index in [4.69, 9.17) is 18.0 Å². The van der Waals surface area contributed by atoms with E-state index < -0.39 is 15.8 Å². The van der Waals surface area contributed by atoms with Gasteiger partial charge in [0.2, 0.25) is 5.91 Å². The van der Waals surface area contributed by atoms with E-state index in [1.54, 1.807) is 0 Å². The highest BCUT2D eigenvalue weighted by Gasteiger charge is 2.31. The lowest BCUT2D eigenvalue weighted by atomic mass is 10.0. The Labute approximate surface area is 107 Å². The number of sulfone groups is 1. The molecule has 0 aromatic rings. The second-order valence-corrected chi connectivity index (χ2v) is 7.05. The van der Waals surface area contributed by atoms with Gasteiger partial charge in [-0.25, -0.2) is 8.42 Å². The van der Waals surface area contributed by atoms with E-state index in [0.29, 0.717) is 12.8 Å².